The van der Waals surface area contributed by atoms with Crippen LogP contribution in [-0.4, -0.2) is 36.6 Å². The maximum absolute atomic E-state index is 4.42. The second-order valence-corrected chi connectivity index (χ2v) is 4.12. The number of aromatic nitrogens is 2. The Balaban J connectivity index is 2.48. The highest BCUT2D eigenvalue weighted by atomic mass is 15.2. The molecule has 4 heteroatoms. The summed E-state index contributed by atoms with van der Waals surface area (Å²) in [6.45, 7) is 9.15. The van der Waals surface area contributed by atoms with Crippen molar-refractivity contribution < 1.29 is 0 Å². The van der Waals surface area contributed by atoms with E-state index in [-0.39, 0.29) is 0 Å². The van der Waals surface area contributed by atoms with Gasteiger partial charge in [-0.3, -0.25) is 0 Å². The molecule has 16 heavy (non-hydrogen) atoms. The highest BCUT2D eigenvalue weighted by Gasteiger charge is 2.04. The number of hydrogen-bond donors (Lipinski definition) is 1. The number of likely N-dealkylation sites (N-methyl/N-ethyl adjacent to an activating group) is 1. The first-order valence-corrected chi connectivity index (χ1v) is 5.87. The Morgan fingerprint density at radius 1 is 1.19 bits per heavy atom. The molecule has 90 valence electrons. The number of nitrogens with zero attached hydrogens (tertiary/aromatic N) is 3. The summed E-state index contributed by atoms with van der Waals surface area (Å²) in [6, 6.07) is 1.99. The lowest BCUT2D eigenvalue weighted by atomic mass is 10.3. The van der Waals surface area contributed by atoms with Gasteiger partial charge in [-0.2, -0.15) is 0 Å². The molecule has 0 saturated heterocycles. The summed E-state index contributed by atoms with van der Waals surface area (Å²) in [6.07, 6.45) is 1.17. The van der Waals surface area contributed by atoms with Gasteiger partial charge in [0.15, 0.2) is 0 Å². The summed E-state index contributed by atoms with van der Waals surface area (Å²) in [5, 5.41) is 3.37. The summed E-state index contributed by atoms with van der Waals surface area (Å²) in [7, 11) is 2.03. The van der Waals surface area contributed by atoms with Crippen molar-refractivity contribution in [3.05, 3.63) is 17.5 Å². The van der Waals surface area contributed by atoms with Crippen LogP contribution in [0.2, 0.25) is 0 Å². The van der Waals surface area contributed by atoms with E-state index in [1.165, 1.54) is 6.42 Å². The molecule has 0 radical (unpaired) electrons. The van der Waals surface area contributed by atoms with Crippen LogP contribution in [0.4, 0.5) is 5.95 Å². The molecule has 0 amide bonds. The molecular weight excluding hydrogens is 200 g/mol. The Labute approximate surface area is 98.1 Å². The second-order valence-electron chi connectivity index (χ2n) is 4.12. The van der Waals surface area contributed by atoms with Gasteiger partial charge in [0.05, 0.1) is 0 Å². The van der Waals surface area contributed by atoms with Gasteiger partial charge < -0.3 is 10.2 Å². The molecule has 0 spiro atoms. The standard InChI is InChI=1S/C12H22N4/c1-5-6-13-7-8-16(4)12-14-10(2)9-11(3)15-12/h9,13H,5-8H2,1-4H3. The smallest absolute Gasteiger partial charge is 0.225 e. The summed E-state index contributed by atoms with van der Waals surface area (Å²) in [5.41, 5.74) is 2.05. The van der Waals surface area contributed by atoms with Crippen molar-refractivity contribution in [1.29, 1.82) is 0 Å². The van der Waals surface area contributed by atoms with Crippen LogP contribution < -0.4 is 10.2 Å². The lowest BCUT2D eigenvalue weighted by Gasteiger charge is -2.17. The van der Waals surface area contributed by atoms with E-state index in [2.05, 4.69) is 27.1 Å². The fraction of sp³-hybridized carbons (Fsp3) is 0.667. The van der Waals surface area contributed by atoms with Gasteiger partial charge in [0.25, 0.3) is 0 Å². The van der Waals surface area contributed by atoms with Gasteiger partial charge in [-0.25, -0.2) is 9.97 Å². The van der Waals surface area contributed by atoms with E-state index in [9.17, 15) is 0 Å². The molecule has 0 aliphatic carbocycles. The molecule has 0 unspecified atom stereocenters. The predicted octanol–water partition coefficient (Wildman–Crippen LogP) is 1.53. The number of aryl methyl sites for hydroxylation is 2. The minimum Gasteiger partial charge on any atom is -0.343 e. The molecule has 1 aromatic rings. The largest absolute Gasteiger partial charge is 0.343 e. The third-order valence-corrected chi connectivity index (χ3v) is 2.36. The Hall–Kier alpha value is -1.16. The maximum Gasteiger partial charge on any atom is 0.225 e. The van der Waals surface area contributed by atoms with E-state index in [1.807, 2.05) is 27.0 Å². The number of hydrogen-bond acceptors (Lipinski definition) is 4. The molecule has 1 N–H and O–H groups in total. The molecule has 1 aromatic heterocycles. The lowest BCUT2D eigenvalue weighted by Crippen LogP contribution is -2.30. The van der Waals surface area contributed by atoms with E-state index in [1.54, 1.807) is 0 Å². The first-order valence-electron chi connectivity index (χ1n) is 5.87. The van der Waals surface area contributed by atoms with E-state index < -0.39 is 0 Å². The minimum atomic E-state index is 0.816. The fourth-order valence-electron chi connectivity index (χ4n) is 1.53. The van der Waals surface area contributed by atoms with Crippen molar-refractivity contribution in [1.82, 2.24) is 15.3 Å². The van der Waals surface area contributed by atoms with E-state index >= 15 is 0 Å². The lowest BCUT2D eigenvalue weighted by molar-refractivity contribution is 0.660. The summed E-state index contributed by atoms with van der Waals surface area (Å²) in [4.78, 5) is 10.9. The van der Waals surface area contributed by atoms with Gasteiger partial charge in [-0.1, -0.05) is 6.92 Å². The number of rotatable bonds is 6. The highest BCUT2D eigenvalue weighted by molar-refractivity contribution is 5.30. The zero-order chi connectivity index (χ0) is 12.0. The van der Waals surface area contributed by atoms with Gasteiger partial charge in [0.2, 0.25) is 5.95 Å². The van der Waals surface area contributed by atoms with Crippen molar-refractivity contribution in [3.8, 4) is 0 Å². The molecule has 0 bridgehead atoms. The van der Waals surface area contributed by atoms with Crippen LogP contribution in [-0.2, 0) is 0 Å². The van der Waals surface area contributed by atoms with Crippen molar-refractivity contribution in [2.75, 3.05) is 31.6 Å². The molecule has 0 saturated carbocycles. The van der Waals surface area contributed by atoms with Gasteiger partial charge in [0.1, 0.15) is 0 Å². The van der Waals surface area contributed by atoms with Crippen LogP contribution in [0.5, 0.6) is 0 Å². The number of nitrogens with one attached hydrogen (secondary N) is 1. The highest BCUT2D eigenvalue weighted by Crippen LogP contribution is 2.07. The molecule has 0 fully saturated rings. The van der Waals surface area contributed by atoms with Gasteiger partial charge in [-0.05, 0) is 32.9 Å². The zero-order valence-corrected chi connectivity index (χ0v) is 10.7. The molecular formula is C12H22N4. The minimum absolute atomic E-state index is 0.816. The summed E-state index contributed by atoms with van der Waals surface area (Å²) in [5.74, 6) is 0.816. The molecule has 4 nitrogen and oxygen atoms in total. The average molecular weight is 222 g/mol. The molecule has 0 aliphatic rings. The van der Waals surface area contributed by atoms with E-state index in [0.29, 0.717) is 0 Å². The van der Waals surface area contributed by atoms with Gasteiger partial charge in [0, 0.05) is 31.5 Å². The summed E-state index contributed by atoms with van der Waals surface area (Å²) < 4.78 is 0. The van der Waals surface area contributed by atoms with Crippen LogP contribution in [0.25, 0.3) is 0 Å². The molecule has 0 aliphatic heterocycles. The third kappa shape index (κ3) is 4.14. The molecule has 0 aromatic carbocycles. The number of anilines is 1. The zero-order valence-electron chi connectivity index (χ0n) is 10.7. The van der Waals surface area contributed by atoms with Crippen molar-refractivity contribution in [3.63, 3.8) is 0 Å². The van der Waals surface area contributed by atoms with E-state index in [4.69, 9.17) is 0 Å². The Bertz CT molecular complexity index is 305. The van der Waals surface area contributed by atoms with Crippen molar-refractivity contribution >= 4 is 5.95 Å². The predicted molar refractivity (Wildman–Crippen MR) is 67.9 cm³/mol. The van der Waals surface area contributed by atoms with Crippen molar-refractivity contribution in [2.45, 2.75) is 27.2 Å². The quantitative estimate of drug-likeness (QED) is 0.741. The second kappa shape index (κ2) is 6.43. The monoisotopic (exact) mass is 222 g/mol. The third-order valence-electron chi connectivity index (χ3n) is 2.36. The Morgan fingerprint density at radius 2 is 1.81 bits per heavy atom. The summed E-state index contributed by atoms with van der Waals surface area (Å²) >= 11 is 0. The van der Waals surface area contributed by atoms with Gasteiger partial charge >= 0.3 is 0 Å². The van der Waals surface area contributed by atoms with E-state index in [0.717, 1.165) is 37.0 Å². The first kappa shape index (κ1) is 12.9. The Kier molecular flexibility index (Phi) is 5.19. The SMILES string of the molecule is CCCNCCN(C)c1nc(C)cc(C)n1. The van der Waals surface area contributed by atoms with Crippen LogP contribution >= 0.6 is 0 Å². The topological polar surface area (TPSA) is 41.0 Å². The molecule has 1 rings (SSSR count). The van der Waals surface area contributed by atoms with Crippen LogP contribution in [0.3, 0.4) is 0 Å². The van der Waals surface area contributed by atoms with Gasteiger partial charge in [-0.15, -0.1) is 0 Å². The Morgan fingerprint density at radius 3 is 2.38 bits per heavy atom. The maximum atomic E-state index is 4.42. The normalized spacial score (nSPS) is 10.5. The molecule has 1 heterocycles. The van der Waals surface area contributed by atoms with Crippen LogP contribution in [0.1, 0.15) is 24.7 Å². The average Bonchev–Trinajstić information content (AvgIpc) is 2.22. The van der Waals surface area contributed by atoms with Crippen LogP contribution in [0, 0.1) is 13.8 Å². The fourth-order valence-corrected chi connectivity index (χ4v) is 1.53. The van der Waals surface area contributed by atoms with Crippen LogP contribution in [0.15, 0.2) is 6.07 Å². The van der Waals surface area contributed by atoms with Crippen molar-refractivity contribution in [2.24, 2.45) is 0 Å². The first-order chi connectivity index (χ1) is 7.63. The molecule has 0 atom stereocenters.